The third-order valence-corrected chi connectivity index (χ3v) is 5.88. The Morgan fingerprint density at radius 1 is 1.11 bits per heavy atom. The molecule has 0 amide bonds. The number of benzene rings is 2. The zero-order chi connectivity index (χ0) is 19.4. The van der Waals surface area contributed by atoms with Crippen molar-refractivity contribution < 1.29 is 17.9 Å². The molecule has 140 valence electrons. The topological polar surface area (TPSA) is 91.1 Å². The van der Waals surface area contributed by atoms with Crippen LogP contribution in [0.15, 0.2) is 65.8 Å². The van der Waals surface area contributed by atoms with Crippen LogP contribution in [0.2, 0.25) is 0 Å². The van der Waals surface area contributed by atoms with Gasteiger partial charge in [-0.2, -0.15) is 0 Å². The average Bonchev–Trinajstić information content (AvgIpc) is 3.16. The summed E-state index contributed by atoms with van der Waals surface area (Å²) >= 11 is 0. The number of hydrogen-bond acceptors (Lipinski definition) is 6. The maximum atomic E-state index is 12.9. The normalized spacial score (nSPS) is 12.5. The molecule has 0 aliphatic carbocycles. The van der Waals surface area contributed by atoms with E-state index in [9.17, 15) is 13.2 Å². The van der Waals surface area contributed by atoms with Gasteiger partial charge in [-0.15, -0.1) is 5.10 Å². The van der Waals surface area contributed by atoms with Crippen molar-refractivity contribution in [1.29, 1.82) is 0 Å². The summed E-state index contributed by atoms with van der Waals surface area (Å²) < 4.78 is 31.9. The van der Waals surface area contributed by atoms with Crippen molar-refractivity contribution >= 4 is 15.8 Å². The number of rotatable bonds is 6. The number of hydrogen-bond donors (Lipinski definition) is 0. The van der Waals surface area contributed by atoms with Crippen LogP contribution in [-0.4, -0.2) is 42.0 Å². The Morgan fingerprint density at radius 2 is 1.78 bits per heavy atom. The number of esters is 1. The number of ether oxygens (including phenoxy) is 1. The van der Waals surface area contributed by atoms with Crippen molar-refractivity contribution in [3.63, 3.8) is 0 Å². The fourth-order valence-corrected chi connectivity index (χ4v) is 4.16. The molecule has 1 unspecified atom stereocenters. The monoisotopic (exact) mass is 385 g/mol. The molecule has 1 aromatic heterocycles. The van der Waals surface area contributed by atoms with Crippen LogP contribution in [-0.2, 0) is 14.6 Å². The quantitative estimate of drug-likeness (QED) is 0.605. The molecule has 0 spiro atoms. The lowest BCUT2D eigenvalue weighted by atomic mass is 10.1. The third-order valence-electron chi connectivity index (χ3n) is 4.14. The van der Waals surface area contributed by atoms with E-state index in [2.05, 4.69) is 14.8 Å². The summed E-state index contributed by atoms with van der Waals surface area (Å²) in [5, 5.41) is 4.12. The van der Waals surface area contributed by atoms with Gasteiger partial charge in [-0.05, 0) is 24.6 Å². The maximum Gasteiger partial charge on any atom is 0.377 e. The van der Waals surface area contributed by atoms with Gasteiger partial charge in [-0.3, -0.25) is 0 Å². The first-order chi connectivity index (χ1) is 12.9. The molecule has 2 aromatic carbocycles. The molecule has 8 heteroatoms. The Hall–Kier alpha value is -3.00. The van der Waals surface area contributed by atoms with Crippen LogP contribution in [0.1, 0.15) is 27.8 Å². The zero-order valence-corrected chi connectivity index (χ0v) is 15.8. The van der Waals surface area contributed by atoms with Crippen LogP contribution >= 0.6 is 0 Å². The number of aryl methyl sites for hydroxylation is 1. The summed E-state index contributed by atoms with van der Waals surface area (Å²) in [6.45, 7) is 1.90. The van der Waals surface area contributed by atoms with Crippen LogP contribution < -0.4 is 0 Å². The van der Waals surface area contributed by atoms with E-state index in [0.717, 1.165) is 11.1 Å². The lowest BCUT2D eigenvalue weighted by Crippen LogP contribution is -2.22. The summed E-state index contributed by atoms with van der Waals surface area (Å²) in [5.74, 6) is -1.02. The Bertz CT molecular complexity index is 1030. The molecule has 0 bridgehead atoms. The second-order valence-electron chi connectivity index (χ2n) is 6.06. The highest BCUT2D eigenvalue weighted by Gasteiger charge is 2.26. The standard InChI is InChI=1S/C19H19N3O4S/c1-14-8-10-16(11-9-14)27(24,25)12-17(15-6-4-3-5-7-15)22-13-20-18(21-22)19(23)26-2/h3-11,13,17H,12H2,1-2H3. The van der Waals surface area contributed by atoms with E-state index >= 15 is 0 Å². The molecule has 0 aliphatic rings. The maximum absolute atomic E-state index is 12.9. The van der Waals surface area contributed by atoms with E-state index in [-0.39, 0.29) is 16.5 Å². The smallest absolute Gasteiger partial charge is 0.377 e. The molecule has 3 rings (SSSR count). The first kappa shape index (κ1) is 18.8. The van der Waals surface area contributed by atoms with E-state index in [1.807, 2.05) is 37.3 Å². The first-order valence-electron chi connectivity index (χ1n) is 8.24. The summed E-state index contributed by atoms with van der Waals surface area (Å²) in [5.41, 5.74) is 1.72. The third kappa shape index (κ3) is 4.22. The minimum atomic E-state index is -3.59. The van der Waals surface area contributed by atoms with Crippen LogP contribution in [0.25, 0.3) is 0 Å². The minimum Gasteiger partial charge on any atom is -0.463 e. The summed E-state index contributed by atoms with van der Waals surface area (Å²) in [6, 6.07) is 15.2. The number of nitrogens with zero attached hydrogens (tertiary/aromatic N) is 3. The highest BCUT2D eigenvalue weighted by atomic mass is 32.2. The molecule has 0 N–H and O–H groups in total. The molecule has 1 atom stereocenters. The lowest BCUT2D eigenvalue weighted by molar-refractivity contribution is 0.0586. The largest absolute Gasteiger partial charge is 0.463 e. The van der Waals surface area contributed by atoms with Gasteiger partial charge in [0, 0.05) is 0 Å². The second-order valence-corrected chi connectivity index (χ2v) is 8.09. The van der Waals surface area contributed by atoms with Gasteiger partial charge in [-0.25, -0.2) is 22.9 Å². The molecule has 27 heavy (non-hydrogen) atoms. The first-order valence-corrected chi connectivity index (χ1v) is 9.90. The lowest BCUT2D eigenvalue weighted by Gasteiger charge is -2.18. The van der Waals surface area contributed by atoms with Gasteiger partial charge < -0.3 is 4.74 Å². The number of carbonyl (C=O) groups is 1. The Kier molecular flexibility index (Phi) is 5.36. The molecule has 0 aliphatic heterocycles. The van der Waals surface area contributed by atoms with Gasteiger partial charge in [0.1, 0.15) is 6.33 Å². The highest BCUT2D eigenvalue weighted by Crippen LogP contribution is 2.23. The highest BCUT2D eigenvalue weighted by molar-refractivity contribution is 7.91. The van der Waals surface area contributed by atoms with Crippen molar-refractivity contribution in [2.75, 3.05) is 12.9 Å². The van der Waals surface area contributed by atoms with E-state index in [0.29, 0.717) is 0 Å². The molecule has 1 heterocycles. The fourth-order valence-electron chi connectivity index (χ4n) is 2.66. The molecule has 0 fully saturated rings. The SMILES string of the molecule is COC(=O)c1ncn(C(CS(=O)(=O)c2ccc(C)cc2)c2ccccc2)n1. The van der Waals surface area contributed by atoms with E-state index < -0.39 is 21.8 Å². The van der Waals surface area contributed by atoms with Gasteiger partial charge in [0.2, 0.25) is 0 Å². The Morgan fingerprint density at radius 3 is 2.41 bits per heavy atom. The number of carbonyl (C=O) groups excluding carboxylic acids is 1. The molecule has 0 saturated heterocycles. The van der Waals surface area contributed by atoms with Crippen molar-refractivity contribution in [1.82, 2.24) is 14.8 Å². The summed E-state index contributed by atoms with van der Waals surface area (Å²) in [6.07, 6.45) is 1.34. The molecular formula is C19H19N3O4S. The van der Waals surface area contributed by atoms with Crippen molar-refractivity contribution in [3.05, 3.63) is 77.9 Å². The van der Waals surface area contributed by atoms with Crippen LogP contribution in [0.4, 0.5) is 0 Å². The van der Waals surface area contributed by atoms with Crippen molar-refractivity contribution in [2.24, 2.45) is 0 Å². The second kappa shape index (κ2) is 7.71. The molecule has 0 saturated carbocycles. The van der Waals surface area contributed by atoms with Gasteiger partial charge in [0.25, 0.3) is 5.82 Å². The van der Waals surface area contributed by atoms with E-state index in [4.69, 9.17) is 0 Å². The van der Waals surface area contributed by atoms with Gasteiger partial charge in [0.05, 0.1) is 23.8 Å². The Labute approximate surface area is 157 Å². The zero-order valence-electron chi connectivity index (χ0n) is 14.9. The predicted molar refractivity (Wildman–Crippen MR) is 99.2 cm³/mol. The van der Waals surface area contributed by atoms with Crippen LogP contribution in [0.5, 0.6) is 0 Å². The van der Waals surface area contributed by atoms with Crippen molar-refractivity contribution in [3.8, 4) is 0 Å². The van der Waals surface area contributed by atoms with Crippen LogP contribution in [0, 0.1) is 6.92 Å². The van der Waals surface area contributed by atoms with Gasteiger partial charge >= 0.3 is 5.97 Å². The van der Waals surface area contributed by atoms with E-state index in [1.54, 1.807) is 24.3 Å². The molecule has 3 aromatic rings. The molecule has 7 nitrogen and oxygen atoms in total. The Balaban J connectivity index is 1.99. The number of aromatic nitrogens is 3. The summed E-state index contributed by atoms with van der Waals surface area (Å²) in [4.78, 5) is 15.8. The minimum absolute atomic E-state index is 0.119. The molecular weight excluding hydrogens is 366 g/mol. The van der Waals surface area contributed by atoms with Gasteiger partial charge in [0.15, 0.2) is 9.84 Å². The number of methoxy groups -OCH3 is 1. The van der Waals surface area contributed by atoms with Crippen LogP contribution in [0.3, 0.4) is 0 Å². The number of sulfone groups is 1. The summed E-state index contributed by atoms with van der Waals surface area (Å²) in [7, 11) is -2.36. The van der Waals surface area contributed by atoms with E-state index in [1.165, 1.54) is 18.1 Å². The van der Waals surface area contributed by atoms with Gasteiger partial charge in [-0.1, -0.05) is 48.0 Å². The van der Waals surface area contributed by atoms with Crippen molar-refractivity contribution in [2.45, 2.75) is 17.9 Å². The fraction of sp³-hybridized carbons (Fsp3) is 0.211. The predicted octanol–water partition coefficient (Wildman–Crippen LogP) is 2.44. The average molecular weight is 385 g/mol. The molecule has 0 radical (unpaired) electrons.